The van der Waals surface area contributed by atoms with Crippen LogP contribution in [0.15, 0.2) is 60.7 Å². The van der Waals surface area contributed by atoms with Crippen LogP contribution in [0.5, 0.6) is 5.75 Å². The Morgan fingerprint density at radius 3 is 2.50 bits per heavy atom. The number of para-hydroxylation sites is 1. The molecule has 0 aliphatic carbocycles. The lowest BCUT2D eigenvalue weighted by Crippen LogP contribution is -2.13. The molecule has 0 saturated carbocycles. The molecule has 1 aliphatic heterocycles. The van der Waals surface area contributed by atoms with Gasteiger partial charge >= 0.3 is 5.97 Å². The third kappa shape index (κ3) is 2.43. The Balaban J connectivity index is 2.02. The number of benzene rings is 2. The van der Waals surface area contributed by atoms with E-state index in [-0.39, 0.29) is 12.1 Å². The van der Waals surface area contributed by atoms with Crippen molar-refractivity contribution in [2.24, 2.45) is 0 Å². The Morgan fingerprint density at radius 2 is 1.75 bits per heavy atom. The van der Waals surface area contributed by atoms with Gasteiger partial charge in [-0.05, 0) is 17.7 Å². The standard InChI is InChI=1S/C17H14O3/c1-12(18)19-17-11-16(13-7-3-2-4-8-13)20-15-10-6-5-9-14(15)17/h2-11,16H,1H3. The fourth-order valence-electron chi connectivity index (χ4n) is 2.22. The summed E-state index contributed by atoms with van der Waals surface area (Å²) in [6.07, 6.45) is 1.58. The molecule has 3 heteroatoms. The summed E-state index contributed by atoms with van der Waals surface area (Å²) in [5.74, 6) is 0.938. The Hall–Kier alpha value is -2.55. The smallest absolute Gasteiger partial charge is 0.308 e. The maximum absolute atomic E-state index is 11.3. The topological polar surface area (TPSA) is 35.5 Å². The molecule has 1 aliphatic rings. The number of rotatable bonds is 2. The number of hydrogen-bond acceptors (Lipinski definition) is 3. The molecule has 1 atom stereocenters. The van der Waals surface area contributed by atoms with Crippen molar-refractivity contribution in [1.82, 2.24) is 0 Å². The van der Waals surface area contributed by atoms with E-state index in [1.807, 2.05) is 60.7 Å². The van der Waals surface area contributed by atoms with Gasteiger partial charge in [0.15, 0.2) is 0 Å². The molecule has 1 heterocycles. The molecule has 0 aromatic heterocycles. The summed E-state index contributed by atoms with van der Waals surface area (Å²) in [5.41, 5.74) is 1.82. The van der Waals surface area contributed by atoms with Gasteiger partial charge in [-0.3, -0.25) is 4.79 Å². The molecule has 0 spiro atoms. The zero-order valence-corrected chi connectivity index (χ0v) is 11.1. The first-order chi connectivity index (χ1) is 9.74. The van der Waals surface area contributed by atoms with Gasteiger partial charge in [-0.25, -0.2) is 0 Å². The van der Waals surface area contributed by atoms with Crippen LogP contribution in [0.1, 0.15) is 24.2 Å². The van der Waals surface area contributed by atoms with E-state index in [2.05, 4.69) is 0 Å². The minimum Gasteiger partial charge on any atom is -0.481 e. The molecule has 0 bridgehead atoms. The van der Waals surface area contributed by atoms with Gasteiger partial charge in [0.1, 0.15) is 17.6 Å². The van der Waals surface area contributed by atoms with Gasteiger partial charge < -0.3 is 9.47 Å². The Bertz CT molecular complexity index is 659. The van der Waals surface area contributed by atoms with Crippen LogP contribution in [0.4, 0.5) is 0 Å². The molecule has 0 amide bonds. The van der Waals surface area contributed by atoms with Crippen molar-refractivity contribution < 1.29 is 14.3 Å². The lowest BCUT2D eigenvalue weighted by molar-refractivity contribution is -0.134. The van der Waals surface area contributed by atoms with Crippen LogP contribution in [0, 0.1) is 0 Å². The van der Waals surface area contributed by atoms with Crippen LogP contribution in [0.2, 0.25) is 0 Å². The highest BCUT2D eigenvalue weighted by Gasteiger charge is 2.23. The predicted octanol–water partition coefficient (Wildman–Crippen LogP) is 3.72. The van der Waals surface area contributed by atoms with Crippen LogP contribution in [0.3, 0.4) is 0 Å². The van der Waals surface area contributed by atoms with Gasteiger partial charge in [0.05, 0.1) is 5.56 Å². The first-order valence-corrected chi connectivity index (χ1v) is 6.45. The monoisotopic (exact) mass is 266 g/mol. The number of fused-ring (bicyclic) bond motifs is 1. The Morgan fingerprint density at radius 1 is 1.05 bits per heavy atom. The summed E-state index contributed by atoms with van der Waals surface area (Å²) in [7, 11) is 0. The van der Waals surface area contributed by atoms with Crippen LogP contribution < -0.4 is 4.74 Å². The molecule has 20 heavy (non-hydrogen) atoms. The molecule has 0 saturated heterocycles. The van der Waals surface area contributed by atoms with Crippen molar-refractivity contribution in [2.45, 2.75) is 13.0 Å². The molecule has 0 fully saturated rings. The van der Waals surface area contributed by atoms with Crippen LogP contribution in [0.25, 0.3) is 5.76 Å². The zero-order chi connectivity index (χ0) is 13.9. The maximum atomic E-state index is 11.3. The highest BCUT2D eigenvalue weighted by molar-refractivity contribution is 5.79. The molecule has 0 radical (unpaired) electrons. The third-order valence-electron chi connectivity index (χ3n) is 3.09. The normalized spacial score (nSPS) is 16.6. The van der Waals surface area contributed by atoms with Gasteiger partial charge in [0.25, 0.3) is 0 Å². The summed E-state index contributed by atoms with van der Waals surface area (Å²) in [5, 5.41) is 0. The SMILES string of the molecule is CC(=O)OC1=CC(c2ccccc2)Oc2ccccc21. The summed E-state index contributed by atoms with van der Waals surface area (Å²) < 4.78 is 11.3. The average molecular weight is 266 g/mol. The minimum absolute atomic E-state index is 0.250. The summed E-state index contributed by atoms with van der Waals surface area (Å²) >= 11 is 0. The summed E-state index contributed by atoms with van der Waals surface area (Å²) in [4.78, 5) is 11.3. The third-order valence-corrected chi connectivity index (χ3v) is 3.09. The van der Waals surface area contributed by atoms with Crippen molar-refractivity contribution in [3.05, 3.63) is 71.8 Å². The lowest BCUT2D eigenvalue weighted by Gasteiger charge is -2.25. The second-order valence-electron chi connectivity index (χ2n) is 4.57. The Kier molecular flexibility index (Phi) is 3.25. The van der Waals surface area contributed by atoms with Crippen LogP contribution >= 0.6 is 0 Å². The number of hydrogen-bond donors (Lipinski definition) is 0. The zero-order valence-electron chi connectivity index (χ0n) is 11.1. The van der Waals surface area contributed by atoms with Crippen LogP contribution in [-0.2, 0) is 9.53 Å². The predicted molar refractivity (Wildman–Crippen MR) is 76.0 cm³/mol. The summed E-state index contributed by atoms with van der Waals surface area (Å²) in [6.45, 7) is 1.40. The molecular formula is C17H14O3. The number of carbonyl (C=O) groups excluding carboxylic acids is 1. The van der Waals surface area contributed by atoms with E-state index < -0.39 is 0 Å². The minimum atomic E-state index is -0.334. The van der Waals surface area contributed by atoms with E-state index in [1.54, 1.807) is 0 Å². The fourth-order valence-corrected chi connectivity index (χ4v) is 2.22. The number of esters is 1. The van der Waals surface area contributed by atoms with Crippen LogP contribution in [-0.4, -0.2) is 5.97 Å². The van der Waals surface area contributed by atoms with E-state index in [4.69, 9.17) is 9.47 Å². The molecule has 2 aromatic rings. The molecule has 1 unspecified atom stereocenters. The largest absolute Gasteiger partial charge is 0.481 e. The van der Waals surface area contributed by atoms with Crippen molar-refractivity contribution in [2.75, 3.05) is 0 Å². The lowest BCUT2D eigenvalue weighted by atomic mass is 10.0. The van der Waals surface area contributed by atoms with Gasteiger partial charge in [-0.2, -0.15) is 0 Å². The summed E-state index contributed by atoms with van der Waals surface area (Å²) in [6, 6.07) is 17.4. The second kappa shape index (κ2) is 5.21. The Labute approximate surface area is 117 Å². The van der Waals surface area contributed by atoms with Crippen molar-refractivity contribution in [3.63, 3.8) is 0 Å². The molecule has 3 nitrogen and oxygen atoms in total. The van der Waals surface area contributed by atoms with E-state index >= 15 is 0 Å². The van der Waals surface area contributed by atoms with E-state index in [9.17, 15) is 4.79 Å². The maximum Gasteiger partial charge on any atom is 0.308 e. The average Bonchev–Trinajstić information content (AvgIpc) is 2.47. The molecule has 100 valence electrons. The highest BCUT2D eigenvalue weighted by Crippen LogP contribution is 2.37. The van der Waals surface area contributed by atoms with Crippen molar-refractivity contribution in [3.8, 4) is 5.75 Å². The fraction of sp³-hybridized carbons (Fsp3) is 0.118. The molecule has 2 aromatic carbocycles. The number of ether oxygens (including phenoxy) is 2. The van der Waals surface area contributed by atoms with E-state index in [0.29, 0.717) is 5.76 Å². The molecule has 3 rings (SSSR count). The second-order valence-corrected chi connectivity index (χ2v) is 4.57. The van der Waals surface area contributed by atoms with Gasteiger partial charge in [-0.15, -0.1) is 0 Å². The first-order valence-electron chi connectivity index (χ1n) is 6.45. The quantitative estimate of drug-likeness (QED) is 0.777. The van der Waals surface area contributed by atoms with Crippen molar-refractivity contribution >= 4 is 11.7 Å². The first kappa shape index (κ1) is 12.5. The van der Waals surface area contributed by atoms with E-state index in [0.717, 1.165) is 16.9 Å². The van der Waals surface area contributed by atoms with Crippen molar-refractivity contribution in [1.29, 1.82) is 0 Å². The molecular weight excluding hydrogens is 252 g/mol. The highest BCUT2D eigenvalue weighted by atomic mass is 16.5. The van der Waals surface area contributed by atoms with Gasteiger partial charge in [-0.1, -0.05) is 42.5 Å². The number of carbonyl (C=O) groups is 1. The van der Waals surface area contributed by atoms with E-state index in [1.165, 1.54) is 6.92 Å². The molecule has 0 N–H and O–H groups in total. The van der Waals surface area contributed by atoms with Gasteiger partial charge in [0, 0.05) is 13.0 Å². The van der Waals surface area contributed by atoms with Gasteiger partial charge in [0.2, 0.25) is 0 Å².